The standard InChI is InChI=1S/C17H23FN2O2/c18-14-5-2-1-4-13(14)12-19-16(21)20-15-6-3-7-17(15)8-10-22-11-9-17/h1-2,4-5,15H,3,6-12H2,(H2,19,20,21)/t15-/m0/s1. The molecule has 5 heteroatoms. The highest BCUT2D eigenvalue weighted by atomic mass is 19.1. The predicted octanol–water partition coefficient (Wildman–Crippen LogP) is 2.97. The van der Waals surface area contributed by atoms with Crippen molar-refractivity contribution in [3.05, 3.63) is 35.6 Å². The minimum atomic E-state index is -0.287. The van der Waals surface area contributed by atoms with Crippen LogP contribution < -0.4 is 10.6 Å². The SMILES string of the molecule is O=C(NCc1ccccc1F)N[C@H]1CCCC12CCOCC2. The van der Waals surface area contributed by atoms with Gasteiger partial charge in [-0.1, -0.05) is 24.6 Å². The average Bonchev–Trinajstić information content (AvgIpc) is 2.89. The second-order valence-corrected chi connectivity index (χ2v) is 6.34. The van der Waals surface area contributed by atoms with Crippen LogP contribution in [0.4, 0.5) is 9.18 Å². The summed E-state index contributed by atoms with van der Waals surface area (Å²) in [5.41, 5.74) is 0.706. The zero-order chi connectivity index (χ0) is 15.4. The number of ether oxygens (including phenoxy) is 1. The lowest BCUT2D eigenvalue weighted by Gasteiger charge is -2.39. The van der Waals surface area contributed by atoms with Gasteiger partial charge in [0.05, 0.1) is 0 Å². The van der Waals surface area contributed by atoms with Crippen LogP contribution in [0.3, 0.4) is 0 Å². The Hall–Kier alpha value is -1.62. The van der Waals surface area contributed by atoms with Gasteiger partial charge in [0.1, 0.15) is 5.82 Å². The zero-order valence-electron chi connectivity index (χ0n) is 12.7. The van der Waals surface area contributed by atoms with Gasteiger partial charge >= 0.3 is 6.03 Å². The van der Waals surface area contributed by atoms with Crippen LogP contribution in [0.1, 0.15) is 37.7 Å². The molecule has 1 aliphatic carbocycles. The molecule has 1 aromatic carbocycles. The van der Waals surface area contributed by atoms with Crippen LogP contribution in [0.2, 0.25) is 0 Å². The summed E-state index contributed by atoms with van der Waals surface area (Å²) in [5.74, 6) is -0.287. The lowest BCUT2D eigenvalue weighted by molar-refractivity contribution is 0.00623. The van der Waals surface area contributed by atoms with Gasteiger partial charge in [0, 0.05) is 31.4 Å². The molecular formula is C17H23FN2O2. The largest absolute Gasteiger partial charge is 0.381 e. The van der Waals surface area contributed by atoms with E-state index in [-0.39, 0.29) is 29.8 Å². The number of urea groups is 1. The maximum Gasteiger partial charge on any atom is 0.315 e. The molecule has 0 aromatic heterocycles. The molecule has 2 fully saturated rings. The molecule has 1 heterocycles. The van der Waals surface area contributed by atoms with E-state index in [0.717, 1.165) is 45.3 Å². The highest BCUT2D eigenvalue weighted by Gasteiger charge is 2.44. The molecule has 2 aliphatic rings. The van der Waals surface area contributed by atoms with Crippen molar-refractivity contribution in [1.29, 1.82) is 0 Å². The highest BCUT2D eigenvalue weighted by Crippen LogP contribution is 2.45. The third kappa shape index (κ3) is 3.24. The van der Waals surface area contributed by atoms with Gasteiger partial charge in [-0.05, 0) is 37.2 Å². The van der Waals surface area contributed by atoms with Crippen LogP contribution in [-0.4, -0.2) is 25.3 Å². The number of hydrogen-bond acceptors (Lipinski definition) is 2. The second kappa shape index (κ2) is 6.65. The van der Waals surface area contributed by atoms with Crippen molar-refractivity contribution in [2.24, 2.45) is 5.41 Å². The number of rotatable bonds is 3. The maximum atomic E-state index is 13.5. The number of benzene rings is 1. The molecule has 4 nitrogen and oxygen atoms in total. The van der Waals surface area contributed by atoms with Gasteiger partial charge in [0.25, 0.3) is 0 Å². The van der Waals surface area contributed by atoms with Crippen molar-refractivity contribution >= 4 is 6.03 Å². The van der Waals surface area contributed by atoms with E-state index in [2.05, 4.69) is 10.6 Å². The van der Waals surface area contributed by atoms with Crippen molar-refractivity contribution in [3.63, 3.8) is 0 Å². The molecule has 1 atom stereocenters. The molecule has 1 aromatic rings. The van der Waals surface area contributed by atoms with Crippen LogP contribution in [0.5, 0.6) is 0 Å². The molecule has 2 amide bonds. The third-order valence-corrected chi connectivity index (χ3v) is 5.10. The predicted molar refractivity (Wildman–Crippen MR) is 81.9 cm³/mol. The van der Waals surface area contributed by atoms with Gasteiger partial charge in [-0.15, -0.1) is 0 Å². The van der Waals surface area contributed by atoms with Gasteiger partial charge in [0.2, 0.25) is 0 Å². The summed E-state index contributed by atoms with van der Waals surface area (Å²) in [4.78, 5) is 12.1. The topological polar surface area (TPSA) is 50.4 Å². The fourth-order valence-electron chi connectivity index (χ4n) is 3.77. The third-order valence-electron chi connectivity index (χ3n) is 5.10. The first-order valence-electron chi connectivity index (χ1n) is 8.05. The minimum absolute atomic E-state index is 0.202. The van der Waals surface area contributed by atoms with Crippen LogP contribution in [0.25, 0.3) is 0 Å². The van der Waals surface area contributed by atoms with E-state index in [1.165, 1.54) is 6.07 Å². The smallest absolute Gasteiger partial charge is 0.315 e. The van der Waals surface area contributed by atoms with Crippen LogP contribution >= 0.6 is 0 Å². The second-order valence-electron chi connectivity index (χ2n) is 6.34. The molecule has 0 radical (unpaired) electrons. The van der Waals surface area contributed by atoms with E-state index in [1.54, 1.807) is 18.2 Å². The monoisotopic (exact) mass is 306 g/mol. The highest BCUT2D eigenvalue weighted by molar-refractivity contribution is 5.74. The van der Waals surface area contributed by atoms with Crippen molar-refractivity contribution in [1.82, 2.24) is 10.6 Å². The molecule has 0 bridgehead atoms. The molecule has 1 spiro atoms. The van der Waals surface area contributed by atoms with E-state index in [4.69, 9.17) is 4.74 Å². The lowest BCUT2D eigenvalue weighted by atomic mass is 9.75. The molecule has 1 aliphatic heterocycles. The van der Waals surface area contributed by atoms with Crippen LogP contribution in [-0.2, 0) is 11.3 Å². The fourth-order valence-corrected chi connectivity index (χ4v) is 3.77. The maximum absolute atomic E-state index is 13.5. The summed E-state index contributed by atoms with van der Waals surface area (Å²) in [6.07, 6.45) is 5.37. The van der Waals surface area contributed by atoms with Gasteiger partial charge in [-0.3, -0.25) is 0 Å². The number of carbonyl (C=O) groups excluding carboxylic acids is 1. The quantitative estimate of drug-likeness (QED) is 0.902. The van der Waals surface area contributed by atoms with E-state index in [9.17, 15) is 9.18 Å². The summed E-state index contributed by atoms with van der Waals surface area (Å²) in [5, 5.41) is 5.87. The first kappa shape index (κ1) is 15.3. The number of hydrogen-bond donors (Lipinski definition) is 2. The van der Waals surface area contributed by atoms with Crippen LogP contribution in [0, 0.1) is 11.2 Å². The molecule has 3 rings (SSSR count). The first-order chi connectivity index (χ1) is 10.7. The van der Waals surface area contributed by atoms with E-state index < -0.39 is 0 Å². The van der Waals surface area contributed by atoms with Gasteiger partial charge < -0.3 is 15.4 Å². The van der Waals surface area contributed by atoms with E-state index in [0.29, 0.717) is 5.56 Å². The average molecular weight is 306 g/mol. The van der Waals surface area contributed by atoms with E-state index in [1.807, 2.05) is 0 Å². The Kier molecular flexibility index (Phi) is 4.62. The molecule has 1 saturated heterocycles. The van der Waals surface area contributed by atoms with Gasteiger partial charge in [-0.25, -0.2) is 9.18 Å². The number of nitrogens with one attached hydrogen (secondary N) is 2. The van der Waals surface area contributed by atoms with Crippen molar-refractivity contribution in [2.45, 2.75) is 44.7 Å². The summed E-state index contributed by atoms with van der Waals surface area (Å²) >= 11 is 0. The van der Waals surface area contributed by atoms with Crippen LogP contribution in [0.15, 0.2) is 24.3 Å². The molecular weight excluding hydrogens is 283 g/mol. The Morgan fingerprint density at radius 1 is 1.27 bits per heavy atom. The zero-order valence-corrected chi connectivity index (χ0v) is 12.7. The molecule has 0 unspecified atom stereocenters. The first-order valence-corrected chi connectivity index (χ1v) is 8.05. The number of carbonyl (C=O) groups is 1. The molecule has 120 valence electrons. The Balaban J connectivity index is 1.54. The Morgan fingerprint density at radius 2 is 2.05 bits per heavy atom. The van der Waals surface area contributed by atoms with Crippen molar-refractivity contribution in [2.75, 3.05) is 13.2 Å². The summed E-state index contributed by atoms with van der Waals surface area (Å²) in [7, 11) is 0. The summed E-state index contributed by atoms with van der Waals surface area (Å²) in [6, 6.07) is 6.50. The van der Waals surface area contributed by atoms with Gasteiger partial charge in [-0.2, -0.15) is 0 Å². The molecule has 22 heavy (non-hydrogen) atoms. The van der Waals surface area contributed by atoms with Gasteiger partial charge in [0.15, 0.2) is 0 Å². The fraction of sp³-hybridized carbons (Fsp3) is 0.588. The molecule has 2 N–H and O–H groups in total. The minimum Gasteiger partial charge on any atom is -0.381 e. The Morgan fingerprint density at radius 3 is 2.82 bits per heavy atom. The summed E-state index contributed by atoms with van der Waals surface area (Å²) in [6.45, 7) is 1.78. The molecule has 1 saturated carbocycles. The lowest BCUT2D eigenvalue weighted by Crippen LogP contribution is -2.50. The number of amides is 2. The van der Waals surface area contributed by atoms with Crippen molar-refractivity contribution in [3.8, 4) is 0 Å². The van der Waals surface area contributed by atoms with E-state index >= 15 is 0 Å². The Labute approximate surface area is 130 Å². The Bertz CT molecular complexity index is 529. The number of halogens is 1. The normalized spacial score (nSPS) is 23.4. The van der Waals surface area contributed by atoms with Crippen molar-refractivity contribution < 1.29 is 13.9 Å². The summed E-state index contributed by atoms with van der Waals surface area (Å²) < 4.78 is 19.0.